The zero-order valence-electron chi connectivity index (χ0n) is 13.2. The summed E-state index contributed by atoms with van der Waals surface area (Å²) in [6, 6.07) is 14.6. The summed E-state index contributed by atoms with van der Waals surface area (Å²) in [4.78, 5) is 0.165. The van der Waals surface area contributed by atoms with Gasteiger partial charge in [-0.3, -0.25) is 9.40 Å². The molecular weight excluding hydrogens is 324 g/mol. The van der Waals surface area contributed by atoms with Gasteiger partial charge in [-0.15, -0.1) is 0 Å². The standard InChI is InChI=1S/C17H18N4O2S/c1-13-7-8-15(18)9-17(13)24(22,23)20-16-10-19-21(12-16)11-14-5-3-2-4-6-14/h2-10,12,20H,11,18H2,1H3. The van der Waals surface area contributed by atoms with Crippen LogP contribution in [-0.2, 0) is 16.6 Å². The minimum absolute atomic E-state index is 0.165. The van der Waals surface area contributed by atoms with E-state index in [2.05, 4.69) is 9.82 Å². The summed E-state index contributed by atoms with van der Waals surface area (Å²) in [6.07, 6.45) is 3.15. The number of sulfonamides is 1. The molecule has 0 aliphatic heterocycles. The Morgan fingerprint density at radius 1 is 1.17 bits per heavy atom. The number of aromatic nitrogens is 2. The van der Waals surface area contributed by atoms with Crippen molar-refractivity contribution in [2.45, 2.75) is 18.4 Å². The molecule has 24 heavy (non-hydrogen) atoms. The maximum absolute atomic E-state index is 12.5. The van der Waals surface area contributed by atoms with Crippen LogP contribution >= 0.6 is 0 Å². The third-order valence-electron chi connectivity index (χ3n) is 3.57. The third kappa shape index (κ3) is 3.57. The summed E-state index contributed by atoms with van der Waals surface area (Å²) in [6.45, 7) is 2.30. The number of nitrogens with zero attached hydrogens (tertiary/aromatic N) is 2. The molecule has 0 aliphatic rings. The Morgan fingerprint density at radius 2 is 1.92 bits per heavy atom. The molecule has 0 saturated carbocycles. The maximum atomic E-state index is 12.5. The molecule has 0 saturated heterocycles. The number of rotatable bonds is 5. The van der Waals surface area contributed by atoms with Crippen molar-refractivity contribution in [3.05, 3.63) is 72.1 Å². The smallest absolute Gasteiger partial charge is 0.262 e. The van der Waals surface area contributed by atoms with Crippen molar-refractivity contribution in [2.24, 2.45) is 0 Å². The van der Waals surface area contributed by atoms with Gasteiger partial charge >= 0.3 is 0 Å². The largest absolute Gasteiger partial charge is 0.399 e. The predicted octanol–water partition coefficient (Wildman–Crippen LogP) is 2.62. The molecule has 0 radical (unpaired) electrons. The molecule has 6 nitrogen and oxygen atoms in total. The van der Waals surface area contributed by atoms with Gasteiger partial charge < -0.3 is 5.73 Å². The monoisotopic (exact) mass is 342 g/mol. The molecule has 7 heteroatoms. The van der Waals surface area contributed by atoms with Gasteiger partial charge in [-0.1, -0.05) is 36.4 Å². The van der Waals surface area contributed by atoms with E-state index in [9.17, 15) is 8.42 Å². The van der Waals surface area contributed by atoms with Crippen LogP contribution in [0.2, 0.25) is 0 Å². The van der Waals surface area contributed by atoms with E-state index in [0.717, 1.165) is 5.56 Å². The molecule has 1 heterocycles. The van der Waals surface area contributed by atoms with Crippen molar-refractivity contribution < 1.29 is 8.42 Å². The van der Waals surface area contributed by atoms with E-state index in [4.69, 9.17) is 5.73 Å². The first kappa shape index (κ1) is 16.1. The summed E-state index contributed by atoms with van der Waals surface area (Å²) in [7, 11) is -3.71. The molecule has 0 aliphatic carbocycles. The van der Waals surface area contributed by atoms with Gasteiger partial charge in [-0.05, 0) is 30.2 Å². The number of anilines is 2. The average Bonchev–Trinajstić information content (AvgIpc) is 2.97. The number of benzene rings is 2. The summed E-state index contributed by atoms with van der Waals surface area (Å²) in [5.74, 6) is 0. The Kier molecular flexibility index (Phi) is 4.26. The highest BCUT2D eigenvalue weighted by atomic mass is 32.2. The second-order valence-corrected chi connectivity index (χ2v) is 7.19. The van der Waals surface area contributed by atoms with Crippen molar-refractivity contribution in [1.82, 2.24) is 9.78 Å². The Morgan fingerprint density at radius 3 is 2.67 bits per heavy atom. The van der Waals surface area contributed by atoms with E-state index >= 15 is 0 Å². The lowest BCUT2D eigenvalue weighted by Crippen LogP contribution is -2.14. The highest BCUT2D eigenvalue weighted by molar-refractivity contribution is 7.92. The second kappa shape index (κ2) is 6.37. The molecule has 3 aromatic rings. The minimum atomic E-state index is -3.71. The van der Waals surface area contributed by atoms with Crippen molar-refractivity contribution in [3.8, 4) is 0 Å². The number of aryl methyl sites for hydroxylation is 1. The van der Waals surface area contributed by atoms with Crippen molar-refractivity contribution in [1.29, 1.82) is 0 Å². The lowest BCUT2D eigenvalue weighted by atomic mass is 10.2. The molecule has 0 bridgehead atoms. The molecule has 0 unspecified atom stereocenters. The normalized spacial score (nSPS) is 11.4. The molecule has 1 aromatic heterocycles. The van der Waals surface area contributed by atoms with Gasteiger partial charge in [0, 0.05) is 11.9 Å². The molecule has 3 N–H and O–H groups in total. The van der Waals surface area contributed by atoms with E-state index in [1.807, 2.05) is 30.3 Å². The van der Waals surface area contributed by atoms with E-state index in [1.165, 1.54) is 12.3 Å². The molecule has 0 atom stereocenters. The van der Waals surface area contributed by atoms with Crippen molar-refractivity contribution in [2.75, 3.05) is 10.5 Å². The predicted molar refractivity (Wildman–Crippen MR) is 94.2 cm³/mol. The Hall–Kier alpha value is -2.80. The Bertz CT molecular complexity index is 950. The number of nitrogens with two attached hydrogens (primary N) is 1. The van der Waals surface area contributed by atoms with Crippen molar-refractivity contribution in [3.63, 3.8) is 0 Å². The first-order valence-electron chi connectivity index (χ1n) is 7.39. The Balaban J connectivity index is 1.80. The topological polar surface area (TPSA) is 90.0 Å². The second-order valence-electron chi connectivity index (χ2n) is 5.54. The molecule has 3 rings (SSSR count). The third-order valence-corrected chi connectivity index (χ3v) is 5.10. The van der Waals surface area contributed by atoms with E-state index in [0.29, 0.717) is 23.5 Å². The lowest BCUT2D eigenvalue weighted by Gasteiger charge is -2.09. The zero-order valence-corrected chi connectivity index (χ0v) is 14.0. The fourth-order valence-electron chi connectivity index (χ4n) is 2.39. The average molecular weight is 342 g/mol. The summed E-state index contributed by atoms with van der Waals surface area (Å²) in [5, 5.41) is 4.19. The first-order chi connectivity index (χ1) is 11.4. The quantitative estimate of drug-likeness (QED) is 0.698. The van der Waals surface area contributed by atoms with Crippen LogP contribution in [0, 0.1) is 6.92 Å². The first-order valence-corrected chi connectivity index (χ1v) is 8.88. The Labute approximate surface area is 141 Å². The van der Waals surface area contributed by atoms with Crippen LogP contribution in [0.15, 0.2) is 65.8 Å². The van der Waals surface area contributed by atoms with Crippen LogP contribution in [-0.4, -0.2) is 18.2 Å². The highest BCUT2D eigenvalue weighted by Crippen LogP contribution is 2.21. The number of nitrogen functional groups attached to an aromatic ring is 1. The molecule has 0 spiro atoms. The van der Waals surface area contributed by atoms with Crippen LogP contribution < -0.4 is 10.5 Å². The van der Waals surface area contributed by atoms with Gasteiger partial charge in [0.15, 0.2) is 0 Å². The van der Waals surface area contributed by atoms with Crippen LogP contribution in [0.25, 0.3) is 0 Å². The van der Waals surface area contributed by atoms with E-state index in [1.54, 1.807) is 29.9 Å². The molecule has 0 amide bonds. The number of nitrogens with one attached hydrogen (secondary N) is 1. The van der Waals surface area contributed by atoms with Crippen LogP contribution in [0.5, 0.6) is 0 Å². The van der Waals surface area contributed by atoms with Gasteiger partial charge in [-0.2, -0.15) is 5.10 Å². The van der Waals surface area contributed by atoms with Gasteiger partial charge in [0.1, 0.15) is 0 Å². The van der Waals surface area contributed by atoms with Gasteiger partial charge in [0.2, 0.25) is 0 Å². The molecular formula is C17H18N4O2S. The van der Waals surface area contributed by atoms with Gasteiger partial charge in [-0.25, -0.2) is 8.42 Å². The van der Waals surface area contributed by atoms with Crippen molar-refractivity contribution >= 4 is 21.4 Å². The summed E-state index contributed by atoms with van der Waals surface area (Å²) in [5.41, 5.74) is 8.23. The lowest BCUT2D eigenvalue weighted by molar-refractivity contribution is 0.600. The zero-order chi connectivity index (χ0) is 17.2. The fraction of sp³-hybridized carbons (Fsp3) is 0.118. The van der Waals surface area contributed by atoms with E-state index in [-0.39, 0.29) is 4.90 Å². The van der Waals surface area contributed by atoms with Crippen LogP contribution in [0.3, 0.4) is 0 Å². The fourth-order valence-corrected chi connectivity index (χ4v) is 3.70. The summed E-state index contributed by atoms with van der Waals surface area (Å²) < 4.78 is 29.3. The SMILES string of the molecule is Cc1ccc(N)cc1S(=O)(=O)Nc1cnn(Cc2ccccc2)c1. The number of hydrogen-bond acceptors (Lipinski definition) is 4. The molecule has 0 fully saturated rings. The van der Waals surface area contributed by atoms with E-state index < -0.39 is 10.0 Å². The maximum Gasteiger partial charge on any atom is 0.262 e. The molecule has 2 aromatic carbocycles. The van der Waals surface area contributed by atoms with Crippen LogP contribution in [0.4, 0.5) is 11.4 Å². The number of hydrogen-bond donors (Lipinski definition) is 2. The highest BCUT2D eigenvalue weighted by Gasteiger charge is 2.18. The van der Waals surface area contributed by atoms with Crippen LogP contribution in [0.1, 0.15) is 11.1 Å². The molecule has 124 valence electrons. The summed E-state index contributed by atoms with van der Waals surface area (Å²) >= 11 is 0. The van der Waals surface area contributed by atoms with Gasteiger partial charge in [0.25, 0.3) is 10.0 Å². The van der Waals surface area contributed by atoms with Gasteiger partial charge in [0.05, 0.1) is 23.3 Å². The minimum Gasteiger partial charge on any atom is -0.399 e.